The van der Waals surface area contributed by atoms with Crippen molar-refractivity contribution in [1.29, 1.82) is 0 Å². The van der Waals surface area contributed by atoms with Gasteiger partial charge in [-0.15, -0.1) is 12.4 Å². The Balaban J connectivity index is 0.00000200. The van der Waals surface area contributed by atoms with Crippen LogP contribution in [0.25, 0.3) is 0 Å². The van der Waals surface area contributed by atoms with Crippen LogP contribution in [0.3, 0.4) is 0 Å². The van der Waals surface area contributed by atoms with E-state index >= 15 is 0 Å². The first-order valence-electron chi connectivity index (χ1n) is 7.22. The van der Waals surface area contributed by atoms with Gasteiger partial charge in [0.2, 0.25) is 0 Å². The quantitative estimate of drug-likeness (QED) is 0.899. The van der Waals surface area contributed by atoms with Crippen molar-refractivity contribution in [2.75, 3.05) is 13.1 Å². The third kappa shape index (κ3) is 3.36. The molecule has 1 aromatic heterocycles. The Morgan fingerprint density at radius 2 is 2.20 bits per heavy atom. The second kappa shape index (κ2) is 7.14. The van der Waals surface area contributed by atoms with Crippen molar-refractivity contribution < 1.29 is 4.79 Å². The molecule has 0 aromatic carbocycles. The van der Waals surface area contributed by atoms with Crippen LogP contribution in [0.4, 0.5) is 0 Å². The zero-order valence-corrected chi connectivity index (χ0v) is 13.6. The number of nitrogens with one attached hydrogen (secondary N) is 2. The molecule has 0 saturated carbocycles. The van der Waals surface area contributed by atoms with Crippen LogP contribution in [0.5, 0.6) is 0 Å². The van der Waals surface area contributed by atoms with Crippen LogP contribution in [0.15, 0.2) is 6.07 Å². The third-order valence-corrected chi connectivity index (χ3v) is 4.28. The molecule has 1 amide bonds. The van der Waals surface area contributed by atoms with Crippen LogP contribution >= 0.6 is 12.4 Å². The molecular formula is C15H26ClN3O. The Morgan fingerprint density at radius 1 is 1.50 bits per heavy atom. The van der Waals surface area contributed by atoms with Crippen molar-refractivity contribution >= 4 is 18.3 Å². The molecule has 2 unspecified atom stereocenters. The van der Waals surface area contributed by atoms with Crippen molar-refractivity contribution in [3.05, 3.63) is 23.0 Å². The molecule has 20 heavy (non-hydrogen) atoms. The number of aryl methyl sites for hydroxylation is 1. The number of piperidine rings is 1. The molecular weight excluding hydrogens is 274 g/mol. The summed E-state index contributed by atoms with van der Waals surface area (Å²) in [6, 6.07) is 2.24. The van der Waals surface area contributed by atoms with Crippen molar-refractivity contribution in [2.45, 2.75) is 46.7 Å². The summed E-state index contributed by atoms with van der Waals surface area (Å²) in [6.07, 6.45) is 1.12. The molecule has 0 aliphatic carbocycles. The second-order valence-electron chi connectivity index (χ2n) is 5.58. The number of rotatable bonds is 3. The van der Waals surface area contributed by atoms with Gasteiger partial charge in [0.15, 0.2) is 0 Å². The highest BCUT2D eigenvalue weighted by molar-refractivity contribution is 5.96. The van der Waals surface area contributed by atoms with E-state index in [1.807, 2.05) is 13.0 Å². The highest BCUT2D eigenvalue weighted by Gasteiger charge is 2.24. The first-order valence-corrected chi connectivity index (χ1v) is 7.22. The molecule has 1 saturated heterocycles. The van der Waals surface area contributed by atoms with Crippen molar-refractivity contribution in [3.63, 3.8) is 0 Å². The van der Waals surface area contributed by atoms with Crippen LogP contribution < -0.4 is 10.6 Å². The lowest BCUT2D eigenvalue weighted by molar-refractivity contribution is 0.0914. The lowest BCUT2D eigenvalue weighted by Gasteiger charge is -2.30. The van der Waals surface area contributed by atoms with E-state index in [9.17, 15) is 4.79 Å². The SMILES string of the molecule is CCn1c(C)cc(C(=O)NC2CNCCC2C)c1C.Cl. The fraction of sp³-hybridized carbons (Fsp3) is 0.667. The Kier molecular flexibility index (Phi) is 6.08. The van der Waals surface area contributed by atoms with Gasteiger partial charge in [0.1, 0.15) is 0 Å². The third-order valence-electron chi connectivity index (χ3n) is 4.28. The molecule has 0 spiro atoms. The van der Waals surface area contributed by atoms with E-state index in [2.05, 4.69) is 36.0 Å². The van der Waals surface area contributed by atoms with E-state index in [1.165, 1.54) is 0 Å². The average Bonchev–Trinajstić information content (AvgIpc) is 2.67. The molecule has 1 aliphatic rings. The largest absolute Gasteiger partial charge is 0.349 e. The summed E-state index contributed by atoms with van der Waals surface area (Å²) in [5, 5.41) is 6.52. The number of carbonyl (C=O) groups is 1. The molecule has 2 rings (SSSR count). The number of halogens is 1. The summed E-state index contributed by atoms with van der Waals surface area (Å²) in [7, 11) is 0. The molecule has 2 atom stereocenters. The number of amides is 1. The minimum atomic E-state index is 0. The van der Waals surface area contributed by atoms with Crippen LogP contribution in [0.2, 0.25) is 0 Å². The van der Waals surface area contributed by atoms with E-state index in [-0.39, 0.29) is 24.4 Å². The van der Waals surface area contributed by atoms with Crippen molar-refractivity contribution in [3.8, 4) is 0 Å². The lowest BCUT2D eigenvalue weighted by Crippen LogP contribution is -2.50. The predicted octanol–water partition coefficient (Wildman–Crippen LogP) is 2.27. The van der Waals surface area contributed by atoms with Crippen LogP contribution in [-0.2, 0) is 6.54 Å². The number of hydrogen-bond acceptors (Lipinski definition) is 2. The highest BCUT2D eigenvalue weighted by Crippen LogP contribution is 2.17. The van der Waals surface area contributed by atoms with Gasteiger partial charge in [0, 0.05) is 30.5 Å². The van der Waals surface area contributed by atoms with E-state index in [0.717, 1.165) is 43.0 Å². The summed E-state index contributed by atoms with van der Waals surface area (Å²) in [5.74, 6) is 0.605. The smallest absolute Gasteiger partial charge is 0.253 e. The summed E-state index contributed by atoms with van der Waals surface area (Å²) in [5.41, 5.74) is 3.03. The first kappa shape index (κ1) is 17.1. The molecule has 4 nitrogen and oxygen atoms in total. The van der Waals surface area contributed by atoms with Gasteiger partial charge in [0.05, 0.1) is 5.56 Å². The Bertz CT molecular complexity index is 470. The van der Waals surface area contributed by atoms with Crippen LogP contribution in [-0.4, -0.2) is 29.6 Å². The normalized spacial score (nSPS) is 22.2. The fourth-order valence-corrected chi connectivity index (χ4v) is 2.95. The zero-order chi connectivity index (χ0) is 14.0. The molecule has 2 heterocycles. The maximum Gasteiger partial charge on any atom is 0.253 e. The number of nitrogens with zero attached hydrogens (tertiary/aromatic N) is 1. The predicted molar refractivity (Wildman–Crippen MR) is 84.7 cm³/mol. The standard InChI is InChI=1S/C15H25N3O.ClH/c1-5-18-11(3)8-13(12(18)4)15(19)17-14-9-16-7-6-10(14)2;/h8,10,14,16H,5-7,9H2,1-4H3,(H,17,19);1H. The molecule has 2 N–H and O–H groups in total. The molecule has 1 aliphatic heterocycles. The van der Waals surface area contributed by atoms with Crippen molar-refractivity contribution in [2.24, 2.45) is 5.92 Å². The van der Waals surface area contributed by atoms with Gasteiger partial charge < -0.3 is 15.2 Å². The van der Waals surface area contributed by atoms with E-state index in [0.29, 0.717) is 5.92 Å². The van der Waals surface area contributed by atoms with E-state index < -0.39 is 0 Å². The Hall–Kier alpha value is -1.00. The topological polar surface area (TPSA) is 46.1 Å². The van der Waals surface area contributed by atoms with Gasteiger partial charge in [0.25, 0.3) is 5.91 Å². The van der Waals surface area contributed by atoms with Crippen molar-refractivity contribution in [1.82, 2.24) is 15.2 Å². The van der Waals surface area contributed by atoms with Crippen LogP contribution in [0.1, 0.15) is 42.0 Å². The maximum atomic E-state index is 12.4. The highest BCUT2D eigenvalue weighted by atomic mass is 35.5. The average molecular weight is 300 g/mol. The van der Waals surface area contributed by atoms with Gasteiger partial charge in [-0.2, -0.15) is 0 Å². The summed E-state index contributed by atoms with van der Waals surface area (Å²) in [6.45, 7) is 11.2. The number of carbonyl (C=O) groups excluding carboxylic acids is 1. The summed E-state index contributed by atoms with van der Waals surface area (Å²) >= 11 is 0. The Morgan fingerprint density at radius 3 is 2.75 bits per heavy atom. The van der Waals surface area contributed by atoms with E-state index in [4.69, 9.17) is 0 Å². The minimum Gasteiger partial charge on any atom is -0.349 e. The summed E-state index contributed by atoms with van der Waals surface area (Å²) < 4.78 is 2.18. The van der Waals surface area contributed by atoms with Gasteiger partial charge in [-0.3, -0.25) is 4.79 Å². The lowest BCUT2D eigenvalue weighted by atomic mass is 9.94. The van der Waals surface area contributed by atoms with Gasteiger partial charge >= 0.3 is 0 Å². The first-order chi connectivity index (χ1) is 9.04. The minimum absolute atomic E-state index is 0. The van der Waals surface area contributed by atoms with E-state index in [1.54, 1.807) is 0 Å². The zero-order valence-electron chi connectivity index (χ0n) is 12.8. The van der Waals surface area contributed by atoms with Gasteiger partial charge in [-0.05, 0) is 45.7 Å². The number of aromatic nitrogens is 1. The second-order valence-corrected chi connectivity index (χ2v) is 5.58. The maximum absolute atomic E-state index is 12.4. The molecule has 1 fully saturated rings. The monoisotopic (exact) mass is 299 g/mol. The molecule has 114 valence electrons. The summed E-state index contributed by atoms with van der Waals surface area (Å²) in [4.78, 5) is 12.4. The Labute approximate surface area is 127 Å². The fourth-order valence-electron chi connectivity index (χ4n) is 2.95. The molecule has 1 aromatic rings. The van der Waals surface area contributed by atoms with Gasteiger partial charge in [-0.1, -0.05) is 6.92 Å². The van der Waals surface area contributed by atoms with Gasteiger partial charge in [-0.25, -0.2) is 0 Å². The molecule has 5 heteroatoms. The molecule has 0 bridgehead atoms. The van der Waals surface area contributed by atoms with Crippen LogP contribution in [0, 0.1) is 19.8 Å². The molecule has 0 radical (unpaired) electrons. The number of hydrogen-bond donors (Lipinski definition) is 2.